The van der Waals surface area contributed by atoms with Gasteiger partial charge in [-0.1, -0.05) is 12.1 Å². The molecule has 1 atom stereocenters. The summed E-state index contributed by atoms with van der Waals surface area (Å²) in [6.07, 6.45) is 0. The van der Waals surface area contributed by atoms with Crippen molar-refractivity contribution < 1.29 is 0 Å². The molecule has 4 heteroatoms. The van der Waals surface area contributed by atoms with Gasteiger partial charge in [0, 0.05) is 9.17 Å². The van der Waals surface area contributed by atoms with Gasteiger partial charge in [0.2, 0.25) is 0 Å². The first-order chi connectivity index (χ1) is 8.27. The zero-order valence-corrected chi connectivity index (χ0v) is 12.7. The zero-order valence-electron chi connectivity index (χ0n) is 8.69. The number of rotatable bonds is 2. The van der Waals surface area contributed by atoms with E-state index in [1.165, 1.54) is 21.2 Å². The maximum Gasteiger partial charge on any atom is 0.0857 e. The molecule has 0 saturated heterocycles. The summed E-state index contributed by atoms with van der Waals surface area (Å²) < 4.78 is 2.41. The van der Waals surface area contributed by atoms with Crippen LogP contribution in [0.25, 0.3) is 10.1 Å². The molecule has 0 aliphatic heterocycles. The first-order valence-corrected chi connectivity index (χ1v) is 8.14. The van der Waals surface area contributed by atoms with Crippen molar-refractivity contribution in [2.24, 2.45) is 0 Å². The number of halogens is 2. The van der Waals surface area contributed by atoms with Gasteiger partial charge in [-0.25, -0.2) is 0 Å². The molecular formula is C13H8BrClS2. The highest BCUT2D eigenvalue weighted by atomic mass is 79.9. The van der Waals surface area contributed by atoms with Gasteiger partial charge in [0.15, 0.2) is 0 Å². The van der Waals surface area contributed by atoms with E-state index in [4.69, 9.17) is 11.6 Å². The van der Waals surface area contributed by atoms with E-state index in [1.807, 2.05) is 0 Å². The maximum atomic E-state index is 6.54. The molecule has 3 aromatic rings. The van der Waals surface area contributed by atoms with Crippen LogP contribution in [0.2, 0.25) is 0 Å². The molecule has 0 amide bonds. The Morgan fingerprint density at radius 2 is 2.06 bits per heavy atom. The molecule has 0 aliphatic rings. The van der Waals surface area contributed by atoms with Gasteiger partial charge in [-0.2, -0.15) is 11.3 Å². The fourth-order valence-corrected chi connectivity index (χ4v) is 4.64. The molecule has 0 N–H and O–H groups in total. The number of alkyl halides is 1. The van der Waals surface area contributed by atoms with Gasteiger partial charge in [0.1, 0.15) is 0 Å². The second kappa shape index (κ2) is 4.73. The van der Waals surface area contributed by atoms with Gasteiger partial charge in [0.05, 0.1) is 5.38 Å². The Labute approximate surface area is 121 Å². The van der Waals surface area contributed by atoms with E-state index in [9.17, 15) is 0 Å². The van der Waals surface area contributed by atoms with Crippen LogP contribution in [-0.2, 0) is 0 Å². The molecule has 0 fully saturated rings. The van der Waals surface area contributed by atoms with Crippen molar-refractivity contribution in [2.45, 2.75) is 5.38 Å². The molecule has 1 unspecified atom stereocenters. The van der Waals surface area contributed by atoms with Crippen molar-refractivity contribution in [3.8, 4) is 0 Å². The smallest absolute Gasteiger partial charge is 0.0857 e. The summed E-state index contributed by atoms with van der Waals surface area (Å²) in [6.45, 7) is 0. The highest BCUT2D eigenvalue weighted by molar-refractivity contribution is 9.10. The molecule has 3 rings (SSSR count). The average molecular weight is 344 g/mol. The Kier molecular flexibility index (Phi) is 3.26. The quantitative estimate of drug-likeness (QED) is 0.497. The summed E-state index contributed by atoms with van der Waals surface area (Å²) in [6, 6.07) is 8.34. The van der Waals surface area contributed by atoms with Crippen LogP contribution >= 0.6 is 50.2 Å². The molecule has 0 radical (unpaired) electrons. The number of hydrogen-bond donors (Lipinski definition) is 0. The van der Waals surface area contributed by atoms with Gasteiger partial charge in [-0.05, 0) is 60.7 Å². The predicted molar refractivity (Wildman–Crippen MR) is 81.5 cm³/mol. The van der Waals surface area contributed by atoms with E-state index < -0.39 is 0 Å². The predicted octanol–water partition coefficient (Wildman–Crippen LogP) is 6.05. The average Bonchev–Trinajstić information content (AvgIpc) is 2.98. The maximum absolute atomic E-state index is 6.54. The summed E-state index contributed by atoms with van der Waals surface area (Å²) in [5, 5.41) is 7.53. The van der Waals surface area contributed by atoms with Crippen LogP contribution < -0.4 is 0 Å². The first-order valence-electron chi connectivity index (χ1n) is 5.09. The van der Waals surface area contributed by atoms with Crippen LogP contribution in [-0.4, -0.2) is 0 Å². The molecule has 0 bridgehead atoms. The number of fused-ring (bicyclic) bond motifs is 1. The van der Waals surface area contributed by atoms with E-state index in [0.717, 1.165) is 4.47 Å². The monoisotopic (exact) mass is 342 g/mol. The van der Waals surface area contributed by atoms with Crippen molar-refractivity contribution in [1.29, 1.82) is 0 Å². The minimum atomic E-state index is -0.0516. The molecule has 2 aromatic heterocycles. The van der Waals surface area contributed by atoms with Crippen LogP contribution in [0.15, 0.2) is 44.9 Å². The van der Waals surface area contributed by atoms with E-state index in [-0.39, 0.29) is 5.38 Å². The Morgan fingerprint density at radius 3 is 2.82 bits per heavy atom. The number of hydrogen-bond acceptors (Lipinski definition) is 2. The topological polar surface area (TPSA) is 0 Å². The third kappa shape index (κ3) is 2.06. The van der Waals surface area contributed by atoms with E-state index in [0.29, 0.717) is 0 Å². The van der Waals surface area contributed by atoms with E-state index in [2.05, 4.69) is 56.3 Å². The highest BCUT2D eigenvalue weighted by Crippen LogP contribution is 2.40. The van der Waals surface area contributed by atoms with Gasteiger partial charge < -0.3 is 0 Å². The van der Waals surface area contributed by atoms with E-state index >= 15 is 0 Å². The normalized spacial score (nSPS) is 13.1. The molecule has 86 valence electrons. The SMILES string of the molecule is ClC(c1ccsc1)c1csc2c(Br)cccc12. The lowest BCUT2D eigenvalue weighted by Crippen LogP contribution is -1.88. The van der Waals surface area contributed by atoms with Crippen molar-refractivity contribution in [1.82, 2.24) is 0 Å². The minimum Gasteiger partial charge on any atom is -0.152 e. The summed E-state index contributed by atoms with van der Waals surface area (Å²) in [7, 11) is 0. The van der Waals surface area contributed by atoms with Crippen molar-refractivity contribution in [2.75, 3.05) is 0 Å². The first kappa shape index (κ1) is 11.7. The summed E-state index contributed by atoms with van der Waals surface area (Å²) >= 11 is 13.5. The third-order valence-electron chi connectivity index (χ3n) is 2.69. The van der Waals surface area contributed by atoms with Gasteiger partial charge >= 0.3 is 0 Å². The van der Waals surface area contributed by atoms with Crippen LogP contribution in [0.3, 0.4) is 0 Å². The van der Waals surface area contributed by atoms with Crippen LogP contribution in [0.4, 0.5) is 0 Å². The summed E-state index contributed by atoms with van der Waals surface area (Å²) in [4.78, 5) is 0. The molecule has 1 aromatic carbocycles. The summed E-state index contributed by atoms with van der Waals surface area (Å²) in [5.74, 6) is 0. The molecule has 0 aliphatic carbocycles. The standard InChI is InChI=1S/C13H8BrClS2/c14-11-3-1-2-9-10(7-17-13(9)11)12(15)8-4-5-16-6-8/h1-7,12H. The Bertz CT molecular complexity index is 643. The fraction of sp³-hybridized carbons (Fsp3) is 0.0769. The van der Waals surface area contributed by atoms with Gasteiger partial charge in [0.25, 0.3) is 0 Å². The molecule has 17 heavy (non-hydrogen) atoms. The van der Waals surface area contributed by atoms with Crippen molar-refractivity contribution in [3.05, 3.63) is 56.0 Å². The lowest BCUT2D eigenvalue weighted by Gasteiger charge is -2.06. The van der Waals surface area contributed by atoms with Crippen LogP contribution in [0, 0.1) is 0 Å². The second-order valence-electron chi connectivity index (χ2n) is 3.73. The van der Waals surface area contributed by atoms with E-state index in [1.54, 1.807) is 22.7 Å². The van der Waals surface area contributed by atoms with Crippen LogP contribution in [0.1, 0.15) is 16.5 Å². The highest BCUT2D eigenvalue weighted by Gasteiger charge is 2.16. The molecule has 0 spiro atoms. The molecule has 0 nitrogen and oxygen atoms in total. The third-order valence-corrected chi connectivity index (χ3v) is 5.85. The fourth-order valence-electron chi connectivity index (χ4n) is 1.84. The Balaban J connectivity index is 2.15. The second-order valence-corrected chi connectivity index (χ2v) is 6.68. The van der Waals surface area contributed by atoms with Gasteiger partial charge in [-0.3, -0.25) is 0 Å². The Hall–Kier alpha value is -0.350. The van der Waals surface area contributed by atoms with Crippen LogP contribution in [0.5, 0.6) is 0 Å². The molecular weight excluding hydrogens is 336 g/mol. The van der Waals surface area contributed by atoms with Crippen molar-refractivity contribution in [3.63, 3.8) is 0 Å². The molecule has 0 saturated carbocycles. The summed E-state index contributed by atoms with van der Waals surface area (Å²) in [5.41, 5.74) is 2.38. The minimum absolute atomic E-state index is 0.0516. The Morgan fingerprint density at radius 1 is 1.18 bits per heavy atom. The molecule has 2 heterocycles. The lowest BCUT2D eigenvalue weighted by molar-refractivity contribution is 1.19. The van der Waals surface area contributed by atoms with Crippen molar-refractivity contribution >= 4 is 60.3 Å². The zero-order chi connectivity index (χ0) is 11.8. The van der Waals surface area contributed by atoms with Gasteiger partial charge in [-0.15, -0.1) is 22.9 Å². The number of thiophene rings is 2. The number of benzene rings is 1. The largest absolute Gasteiger partial charge is 0.152 e. The lowest BCUT2D eigenvalue weighted by atomic mass is 10.1.